The predicted molar refractivity (Wildman–Crippen MR) is 69.6 cm³/mol. The van der Waals surface area contributed by atoms with Gasteiger partial charge in [0.2, 0.25) is 0 Å². The van der Waals surface area contributed by atoms with Gasteiger partial charge in [-0.3, -0.25) is 4.79 Å². The Kier molecular flexibility index (Phi) is 3.80. The molecule has 2 rings (SSSR count). The van der Waals surface area contributed by atoms with E-state index in [9.17, 15) is 4.79 Å². The van der Waals surface area contributed by atoms with Crippen LogP contribution in [0.1, 0.15) is 19.8 Å². The molecule has 1 aromatic rings. The van der Waals surface area contributed by atoms with Gasteiger partial charge in [0.1, 0.15) is 9.39 Å². The predicted octanol–water partition coefficient (Wildman–Crippen LogP) is 1.35. The zero-order valence-electron chi connectivity index (χ0n) is 9.00. The van der Waals surface area contributed by atoms with Crippen molar-refractivity contribution in [3.8, 4) is 0 Å². The molecule has 0 bridgehead atoms. The van der Waals surface area contributed by atoms with E-state index in [1.807, 2.05) is 22.6 Å². The molecule has 16 heavy (non-hydrogen) atoms. The first kappa shape index (κ1) is 11.8. The number of ether oxygens (including phenoxy) is 1. The van der Waals surface area contributed by atoms with Crippen LogP contribution in [0.3, 0.4) is 0 Å². The summed E-state index contributed by atoms with van der Waals surface area (Å²) in [4.78, 5) is 18.0. The van der Waals surface area contributed by atoms with Crippen molar-refractivity contribution in [3.05, 3.63) is 20.3 Å². The third kappa shape index (κ3) is 2.54. The van der Waals surface area contributed by atoms with Gasteiger partial charge < -0.3 is 15.0 Å². The van der Waals surface area contributed by atoms with E-state index in [0.717, 1.165) is 19.4 Å². The maximum atomic E-state index is 11.4. The van der Waals surface area contributed by atoms with Crippen molar-refractivity contribution in [2.75, 3.05) is 11.9 Å². The lowest BCUT2D eigenvalue weighted by molar-refractivity contribution is 0.0995. The first-order chi connectivity index (χ1) is 7.68. The highest BCUT2D eigenvalue weighted by Crippen LogP contribution is 2.19. The molecular formula is C10H14IN3O2. The van der Waals surface area contributed by atoms with Crippen molar-refractivity contribution in [3.63, 3.8) is 0 Å². The van der Waals surface area contributed by atoms with Crippen molar-refractivity contribution >= 4 is 28.4 Å². The lowest BCUT2D eigenvalue weighted by Gasteiger charge is -2.20. The van der Waals surface area contributed by atoms with E-state index in [0.29, 0.717) is 9.39 Å². The molecule has 1 saturated heterocycles. The topological polar surface area (TPSA) is 67.0 Å². The molecule has 1 aliphatic heterocycles. The average molecular weight is 335 g/mol. The Bertz CT molecular complexity index is 415. The van der Waals surface area contributed by atoms with Crippen LogP contribution in [-0.4, -0.2) is 28.7 Å². The summed E-state index contributed by atoms with van der Waals surface area (Å²) in [6, 6.07) is 0.172. The molecule has 0 amide bonds. The molecule has 88 valence electrons. The molecule has 2 N–H and O–H groups in total. The van der Waals surface area contributed by atoms with Crippen LogP contribution in [0.25, 0.3) is 0 Å². The standard InChI is InChI=1S/C10H14IN3O2/c1-6(7-3-2-4-16-7)14-9-8(11)10(15)13-5-12-9/h5-7H,2-4H2,1H3,(H2,12,13,14,15). The van der Waals surface area contributed by atoms with Crippen molar-refractivity contribution in [2.24, 2.45) is 0 Å². The fourth-order valence-electron chi connectivity index (χ4n) is 1.79. The van der Waals surface area contributed by atoms with E-state index >= 15 is 0 Å². The summed E-state index contributed by atoms with van der Waals surface area (Å²) < 4.78 is 6.17. The van der Waals surface area contributed by atoms with Crippen molar-refractivity contribution in [1.82, 2.24) is 9.97 Å². The average Bonchev–Trinajstić information content (AvgIpc) is 2.78. The van der Waals surface area contributed by atoms with Crippen LogP contribution in [-0.2, 0) is 4.74 Å². The fourth-order valence-corrected chi connectivity index (χ4v) is 2.24. The van der Waals surface area contributed by atoms with Crippen LogP contribution in [0, 0.1) is 3.57 Å². The molecule has 0 spiro atoms. The first-order valence-corrected chi connectivity index (χ1v) is 6.37. The van der Waals surface area contributed by atoms with Gasteiger partial charge in [0, 0.05) is 6.61 Å². The van der Waals surface area contributed by atoms with Gasteiger partial charge in [-0.05, 0) is 42.4 Å². The van der Waals surface area contributed by atoms with Gasteiger partial charge in [-0.15, -0.1) is 0 Å². The minimum Gasteiger partial charge on any atom is -0.376 e. The second-order valence-corrected chi connectivity index (χ2v) is 4.96. The highest BCUT2D eigenvalue weighted by molar-refractivity contribution is 14.1. The third-order valence-electron chi connectivity index (χ3n) is 2.68. The van der Waals surface area contributed by atoms with Gasteiger partial charge in [0.15, 0.2) is 0 Å². The van der Waals surface area contributed by atoms with Gasteiger partial charge in [-0.25, -0.2) is 4.98 Å². The van der Waals surface area contributed by atoms with Gasteiger partial charge in [-0.1, -0.05) is 0 Å². The molecule has 2 unspecified atom stereocenters. The number of anilines is 1. The second-order valence-electron chi connectivity index (χ2n) is 3.88. The number of H-pyrrole nitrogens is 1. The molecule has 1 aromatic heterocycles. The van der Waals surface area contributed by atoms with E-state index in [-0.39, 0.29) is 17.7 Å². The van der Waals surface area contributed by atoms with Crippen LogP contribution < -0.4 is 10.9 Å². The van der Waals surface area contributed by atoms with Crippen LogP contribution in [0.2, 0.25) is 0 Å². The molecular weight excluding hydrogens is 321 g/mol. The Morgan fingerprint density at radius 3 is 3.25 bits per heavy atom. The van der Waals surface area contributed by atoms with Crippen LogP contribution in [0.4, 0.5) is 5.82 Å². The summed E-state index contributed by atoms with van der Waals surface area (Å²) in [6.07, 6.45) is 3.80. The van der Waals surface area contributed by atoms with E-state index < -0.39 is 0 Å². The van der Waals surface area contributed by atoms with E-state index in [4.69, 9.17) is 4.74 Å². The Morgan fingerprint density at radius 2 is 2.56 bits per heavy atom. The number of halogens is 1. The molecule has 1 aliphatic rings. The van der Waals surface area contributed by atoms with Gasteiger partial charge in [0.05, 0.1) is 18.5 Å². The van der Waals surface area contributed by atoms with Crippen molar-refractivity contribution < 1.29 is 4.74 Å². The summed E-state index contributed by atoms with van der Waals surface area (Å²) in [6.45, 7) is 2.88. The number of hydrogen-bond donors (Lipinski definition) is 2. The summed E-state index contributed by atoms with van der Waals surface area (Å²) in [5.41, 5.74) is -0.113. The monoisotopic (exact) mass is 335 g/mol. The largest absolute Gasteiger partial charge is 0.376 e. The van der Waals surface area contributed by atoms with Gasteiger partial charge in [-0.2, -0.15) is 0 Å². The van der Waals surface area contributed by atoms with Crippen LogP contribution in [0.15, 0.2) is 11.1 Å². The summed E-state index contributed by atoms with van der Waals surface area (Å²) >= 11 is 1.99. The summed E-state index contributed by atoms with van der Waals surface area (Å²) in [5, 5.41) is 3.23. The zero-order valence-corrected chi connectivity index (χ0v) is 11.2. The van der Waals surface area contributed by atoms with Crippen molar-refractivity contribution in [1.29, 1.82) is 0 Å². The lowest BCUT2D eigenvalue weighted by Crippen LogP contribution is -2.31. The van der Waals surface area contributed by atoms with Crippen molar-refractivity contribution in [2.45, 2.75) is 31.9 Å². The van der Waals surface area contributed by atoms with Gasteiger partial charge in [0.25, 0.3) is 5.56 Å². The Morgan fingerprint density at radius 1 is 1.75 bits per heavy atom. The number of nitrogens with one attached hydrogen (secondary N) is 2. The molecule has 0 saturated carbocycles. The van der Waals surface area contributed by atoms with E-state index in [2.05, 4.69) is 22.2 Å². The smallest absolute Gasteiger partial charge is 0.266 e. The minimum atomic E-state index is -0.113. The number of nitrogens with zero attached hydrogens (tertiary/aromatic N) is 1. The molecule has 6 heteroatoms. The lowest BCUT2D eigenvalue weighted by atomic mass is 10.1. The second kappa shape index (κ2) is 5.13. The first-order valence-electron chi connectivity index (χ1n) is 5.30. The maximum Gasteiger partial charge on any atom is 0.266 e. The van der Waals surface area contributed by atoms with E-state index in [1.54, 1.807) is 0 Å². The maximum absolute atomic E-state index is 11.4. The Balaban J connectivity index is 2.08. The molecule has 0 aromatic carbocycles. The zero-order chi connectivity index (χ0) is 11.5. The summed E-state index contributed by atoms with van der Waals surface area (Å²) in [5.74, 6) is 0.632. The molecule has 0 radical (unpaired) electrons. The molecule has 2 heterocycles. The molecule has 0 aliphatic carbocycles. The molecule has 2 atom stereocenters. The molecule has 1 fully saturated rings. The Hall–Kier alpha value is -0.630. The minimum absolute atomic E-state index is 0.113. The van der Waals surface area contributed by atoms with E-state index in [1.165, 1.54) is 6.33 Å². The Labute approximate surface area is 107 Å². The highest BCUT2D eigenvalue weighted by Gasteiger charge is 2.23. The number of aromatic nitrogens is 2. The SMILES string of the molecule is CC(Nc1nc[nH]c(=O)c1I)C1CCCO1. The highest BCUT2D eigenvalue weighted by atomic mass is 127. The molecule has 5 nitrogen and oxygen atoms in total. The van der Waals surface area contributed by atoms with Crippen LogP contribution in [0.5, 0.6) is 0 Å². The van der Waals surface area contributed by atoms with Gasteiger partial charge >= 0.3 is 0 Å². The fraction of sp³-hybridized carbons (Fsp3) is 0.600. The number of hydrogen-bond acceptors (Lipinski definition) is 4. The normalized spacial score (nSPS) is 22.0. The number of rotatable bonds is 3. The number of aromatic amines is 1. The quantitative estimate of drug-likeness (QED) is 0.819. The third-order valence-corrected chi connectivity index (χ3v) is 3.68. The van der Waals surface area contributed by atoms with Crippen LogP contribution >= 0.6 is 22.6 Å². The summed E-state index contributed by atoms with van der Waals surface area (Å²) in [7, 11) is 0.